The fraction of sp³-hybridized carbons (Fsp3) is 0.348. The summed E-state index contributed by atoms with van der Waals surface area (Å²) in [6.07, 6.45) is 0.940. The van der Waals surface area contributed by atoms with Crippen LogP contribution in [0.15, 0.2) is 53.1 Å². The van der Waals surface area contributed by atoms with Crippen molar-refractivity contribution in [2.45, 2.75) is 39.3 Å². The van der Waals surface area contributed by atoms with Crippen molar-refractivity contribution >= 4 is 5.91 Å². The van der Waals surface area contributed by atoms with Crippen molar-refractivity contribution in [2.75, 3.05) is 6.61 Å². The molecular formula is C23H24FN3O3. The highest BCUT2D eigenvalue weighted by atomic mass is 19.1. The molecule has 156 valence electrons. The quantitative estimate of drug-likeness (QED) is 0.562. The van der Waals surface area contributed by atoms with Gasteiger partial charge in [-0.2, -0.15) is 4.98 Å². The zero-order valence-corrected chi connectivity index (χ0v) is 17.0. The molecule has 7 heteroatoms. The van der Waals surface area contributed by atoms with Crippen LogP contribution in [0.2, 0.25) is 0 Å². The number of rotatable bonds is 7. The molecule has 1 aromatic heterocycles. The highest BCUT2D eigenvalue weighted by Gasteiger charge is 2.36. The minimum Gasteiger partial charge on any atom is -0.493 e. The molecular weight excluding hydrogens is 385 g/mol. The van der Waals surface area contributed by atoms with Crippen molar-refractivity contribution in [2.24, 2.45) is 5.92 Å². The molecule has 2 aromatic carbocycles. The molecule has 6 nitrogen and oxygen atoms in total. The lowest BCUT2D eigenvalue weighted by Gasteiger charge is -2.22. The van der Waals surface area contributed by atoms with Crippen LogP contribution in [0.25, 0.3) is 11.4 Å². The van der Waals surface area contributed by atoms with Gasteiger partial charge in [-0.25, -0.2) is 4.39 Å². The molecule has 2 heterocycles. The maximum atomic E-state index is 14.1. The van der Waals surface area contributed by atoms with E-state index in [2.05, 4.69) is 24.0 Å². The Labute approximate surface area is 174 Å². The Kier molecular flexibility index (Phi) is 5.79. The summed E-state index contributed by atoms with van der Waals surface area (Å²) in [5.41, 5.74) is 1.27. The van der Waals surface area contributed by atoms with Gasteiger partial charge in [0.15, 0.2) is 0 Å². The molecule has 1 aliphatic rings. The molecule has 1 saturated heterocycles. The van der Waals surface area contributed by atoms with E-state index in [1.165, 1.54) is 6.07 Å². The topological polar surface area (TPSA) is 68.5 Å². The molecule has 0 bridgehead atoms. The van der Waals surface area contributed by atoms with E-state index in [9.17, 15) is 9.18 Å². The molecule has 1 unspecified atom stereocenters. The van der Waals surface area contributed by atoms with Gasteiger partial charge in [-0.05, 0) is 42.7 Å². The van der Waals surface area contributed by atoms with Gasteiger partial charge >= 0.3 is 0 Å². The van der Waals surface area contributed by atoms with E-state index in [0.717, 1.165) is 11.3 Å². The van der Waals surface area contributed by atoms with Gasteiger partial charge < -0.3 is 14.2 Å². The van der Waals surface area contributed by atoms with Crippen LogP contribution in [0, 0.1) is 11.7 Å². The fourth-order valence-electron chi connectivity index (χ4n) is 3.45. The first kappa shape index (κ1) is 20.1. The molecule has 0 spiro atoms. The molecule has 3 aromatic rings. The summed E-state index contributed by atoms with van der Waals surface area (Å²) >= 11 is 0. The Morgan fingerprint density at radius 2 is 1.97 bits per heavy atom. The summed E-state index contributed by atoms with van der Waals surface area (Å²) in [5, 5.41) is 4.08. The Hall–Kier alpha value is -3.22. The summed E-state index contributed by atoms with van der Waals surface area (Å²) in [5.74, 6) is 1.68. The predicted octanol–water partition coefficient (Wildman–Crippen LogP) is 4.77. The number of halogens is 1. The number of ether oxygens (including phenoxy) is 1. The zero-order chi connectivity index (χ0) is 21.1. The van der Waals surface area contributed by atoms with Gasteiger partial charge in [0.05, 0.1) is 6.61 Å². The molecule has 0 N–H and O–H groups in total. The Morgan fingerprint density at radius 3 is 2.70 bits per heavy atom. The Morgan fingerprint density at radius 1 is 1.20 bits per heavy atom. The molecule has 30 heavy (non-hydrogen) atoms. The number of hydrogen-bond donors (Lipinski definition) is 0. The van der Waals surface area contributed by atoms with E-state index in [4.69, 9.17) is 9.26 Å². The van der Waals surface area contributed by atoms with Gasteiger partial charge in [0.25, 0.3) is 0 Å². The minimum atomic E-state index is -0.355. The second-order valence-electron chi connectivity index (χ2n) is 7.85. The van der Waals surface area contributed by atoms with Crippen molar-refractivity contribution in [3.8, 4) is 17.1 Å². The standard InChI is InChI=1S/C23H24FN3O3/c1-15(2)14-29-18-9-7-16(8-10-18)22-25-23(30-26-22)20-11-12-21(28)27(20)13-17-5-3-4-6-19(17)24/h3-10,15,20H,11-14H2,1-2H3. The molecule has 0 aliphatic carbocycles. The van der Waals surface area contributed by atoms with Crippen LogP contribution >= 0.6 is 0 Å². The fourth-order valence-corrected chi connectivity index (χ4v) is 3.45. The second kappa shape index (κ2) is 8.65. The first-order valence-corrected chi connectivity index (χ1v) is 10.1. The molecule has 0 saturated carbocycles. The number of carbonyl (C=O) groups excluding carboxylic acids is 1. The summed E-state index contributed by atoms with van der Waals surface area (Å²) in [4.78, 5) is 18.5. The predicted molar refractivity (Wildman–Crippen MR) is 109 cm³/mol. The van der Waals surface area contributed by atoms with Crippen molar-refractivity contribution in [1.82, 2.24) is 15.0 Å². The third-order valence-corrected chi connectivity index (χ3v) is 5.05. The number of aromatic nitrogens is 2. The third kappa shape index (κ3) is 4.35. The average Bonchev–Trinajstić information content (AvgIpc) is 3.36. The lowest BCUT2D eigenvalue weighted by Crippen LogP contribution is -2.27. The maximum Gasteiger partial charge on any atom is 0.249 e. The molecule has 4 rings (SSSR count). The van der Waals surface area contributed by atoms with Gasteiger partial charge in [0.2, 0.25) is 17.6 Å². The Bertz CT molecular complexity index is 1020. The van der Waals surface area contributed by atoms with Crippen molar-refractivity contribution in [3.05, 3.63) is 65.8 Å². The van der Waals surface area contributed by atoms with Gasteiger partial charge in [0, 0.05) is 24.1 Å². The third-order valence-electron chi connectivity index (χ3n) is 5.05. The normalized spacial score (nSPS) is 16.5. The van der Waals surface area contributed by atoms with Crippen molar-refractivity contribution in [1.29, 1.82) is 0 Å². The monoisotopic (exact) mass is 409 g/mol. The van der Waals surface area contributed by atoms with Crippen molar-refractivity contribution in [3.63, 3.8) is 0 Å². The average molecular weight is 409 g/mol. The zero-order valence-electron chi connectivity index (χ0n) is 17.0. The van der Waals surface area contributed by atoms with E-state index in [0.29, 0.717) is 42.6 Å². The Balaban J connectivity index is 1.50. The van der Waals surface area contributed by atoms with Crippen LogP contribution < -0.4 is 4.74 Å². The van der Waals surface area contributed by atoms with Crippen LogP contribution in [0.3, 0.4) is 0 Å². The number of hydrogen-bond acceptors (Lipinski definition) is 5. The SMILES string of the molecule is CC(C)COc1ccc(-c2noc(C3CCC(=O)N3Cc3ccccc3F)n2)cc1. The molecule has 1 amide bonds. The van der Waals surface area contributed by atoms with E-state index in [-0.39, 0.29) is 24.3 Å². The van der Waals surface area contributed by atoms with Gasteiger partial charge in [-0.15, -0.1) is 0 Å². The summed E-state index contributed by atoms with van der Waals surface area (Å²) in [7, 11) is 0. The number of benzene rings is 2. The highest BCUT2D eigenvalue weighted by Crippen LogP contribution is 2.34. The summed E-state index contributed by atoms with van der Waals surface area (Å²) < 4.78 is 25.2. The van der Waals surface area contributed by atoms with E-state index >= 15 is 0 Å². The first-order valence-electron chi connectivity index (χ1n) is 10.1. The van der Waals surface area contributed by atoms with E-state index < -0.39 is 0 Å². The number of nitrogens with zero attached hydrogens (tertiary/aromatic N) is 3. The van der Waals surface area contributed by atoms with Crippen LogP contribution in [-0.2, 0) is 11.3 Å². The van der Waals surface area contributed by atoms with Gasteiger partial charge in [-0.3, -0.25) is 4.79 Å². The smallest absolute Gasteiger partial charge is 0.249 e. The molecule has 1 aliphatic heterocycles. The highest BCUT2D eigenvalue weighted by molar-refractivity contribution is 5.78. The summed E-state index contributed by atoms with van der Waals surface area (Å²) in [6.45, 7) is 5.02. The van der Waals surface area contributed by atoms with Gasteiger partial charge in [-0.1, -0.05) is 37.2 Å². The maximum absolute atomic E-state index is 14.1. The number of likely N-dealkylation sites (tertiary alicyclic amines) is 1. The minimum absolute atomic E-state index is 0.0466. The van der Waals surface area contributed by atoms with Gasteiger partial charge in [0.1, 0.15) is 17.6 Å². The lowest BCUT2D eigenvalue weighted by atomic mass is 10.1. The van der Waals surface area contributed by atoms with Crippen molar-refractivity contribution < 1.29 is 18.4 Å². The molecule has 0 radical (unpaired) electrons. The van der Waals surface area contributed by atoms with E-state index in [1.54, 1.807) is 23.1 Å². The summed E-state index contributed by atoms with van der Waals surface area (Å²) in [6, 6.07) is 13.6. The van der Waals surface area contributed by atoms with Crippen LogP contribution in [0.5, 0.6) is 5.75 Å². The first-order chi connectivity index (χ1) is 14.5. The number of carbonyl (C=O) groups is 1. The van der Waals surface area contributed by atoms with E-state index in [1.807, 2.05) is 24.3 Å². The number of amides is 1. The van der Waals surface area contributed by atoms with Crippen LogP contribution in [0.1, 0.15) is 44.2 Å². The lowest BCUT2D eigenvalue weighted by molar-refractivity contribution is -0.130. The largest absolute Gasteiger partial charge is 0.493 e. The van der Waals surface area contributed by atoms with Crippen LogP contribution in [0.4, 0.5) is 4.39 Å². The molecule has 1 fully saturated rings. The van der Waals surface area contributed by atoms with Crippen LogP contribution in [-0.4, -0.2) is 27.6 Å². The second-order valence-corrected chi connectivity index (χ2v) is 7.85. The molecule has 1 atom stereocenters.